The Bertz CT molecular complexity index is 633. The van der Waals surface area contributed by atoms with Crippen molar-refractivity contribution in [3.8, 4) is 11.5 Å². The maximum absolute atomic E-state index is 12.0. The molecule has 0 saturated carbocycles. The molecule has 0 atom stereocenters. The van der Waals surface area contributed by atoms with Gasteiger partial charge in [0.15, 0.2) is 0 Å². The largest absolute Gasteiger partial charge is 0.508 e. The van der Waals surface area contributed by atoms with Crippen molar-refractivity contribution in [2.75, 3.05) is 0 Å². The first kappa shape index (κ1) is 14.9. The number of carbonyl (C=O) groups excluding carboxylic acids is 1. The number of phenols is 2. The average molecular weight is 285 g/mol. The van der Waals surface area contributed by atoms with Crippen LogP contribution in [0.4, 0.5) is 0 Å². The molecular formula is C17H19NO3. The Hall–Kier alpha value is -2.49. The summed E-state index contributed by atoms with van der Waals surface area (Å²) in [6.07, 6.45) is 0. The topological polar surface area (TPSA) is 69.6 Å². The highest BCUT2D eigenvalue weighted by Crippen LogP contribution is 2.22. The molecule has 110 valence electrons. The average Bonchev–Trinajstić information content (AvgIpc) is 2.47. The van der Waals surface area contributed by atoms with Crippen LogP contribution in [0.2, 0.25) is 0 Å². The van der Waals surface area contributed by atoms with E-state index in [1.54, 1.807) is 0 Å². The molecule has 0 spiro atoms. The molecule has 2 aromatic carbocycles. The van der Waals surface area contributed by atoms with E-state index in [9.17, 15) is 15.0 Å². The van der Waals surface area contributed by atoms with Crippen LogP contribution in [0.25, 0.3) is 0 Å². The van der Waals surface area contributed by atoms with Crippen LogP contribution >= 0.6 is 0 Å². The summed E-state index contributed by atoms with van der Waals surface area (Å²) in [6, 6.07) is 11.9. The van der Waals surface area contributed by atoms with E-state index in [0.717, 1.165) is 5.56 Å². The molecule has 0 aliphatic heterocycles. The number of nitrogens with one attached hydrogen (secondary N) is 1. The van der Waals surface area contributed by atoms with Crippen LogP contribution in [0.1, 0.15) is 41.3 Å². The summed E-state index contributed by atoms with van der Waals surface area (Å²) < 4.78 is 0. The Balaban J connectivity index is 2.02. The molecule has 0 aliphatic rings. The normalized spacial score (nSPS) is 10.6. The van der Waals surface area contributed by atoms with Gasteiger partial charge >= 0.3 is 0 Å². The Labute approximate surface area is 124 Å². The number of rotatable bonds is 4. The third-order valence-corrected chi connectivity index (χ3v) is 3.32. The third-order valence-electron chi connectivity index (χ3n) is 3.32. The molecule has 0 aromatic heterocycles. The van der Waals surface area contributed by atoms with Gasteiger partial charge in [-0.3, -0.25) is 4.79 Å². The van der Waals surface area contributed by atoms with Crippen molar-refractivity contribution in [2.45, 2.75) is 26.3 Å². The standard InChI is InChI=1S/C17H19NO3/c1-11(2)13-5-3-12(4-6-13)10-18-17(21)15-9-14(19)7-8-16(15)20/h3-9,11,19-20H,10H2,1-2H3,(H,18,21). The zero-order valence-electron chi connectivity index (χ0n) is 12.1. The van der Waals surface area contributed by atoms with Crippen LogP contribution in [0.15, 0.2) is 42.5 Å². The fraction of sp³-hybridized carbons (Fsp3) is 0.235. The maximum Gasteiger partial charge on any atom is 0.255 e. The molecule has 4 heteroatoms. The van der Waals surface area contributed by atoms with Crippen LogP contribution < -0.4 is 5.32 Å². The predicted molar refractivity (Wildman–Crippen MR) is 81.5 cm³/mol. The van der Waals surface area contributed by atoms with Crippen molar-refractivity contribution in [1.29, 1.82) is 0 Å². The quantitative estimate of drug-likeness (QED) is 0.756. The molecule has 0 aliphatic carbocycles. The number of hydrogen-bond donors (Lipinski definition) is 3. The van der Waals surface area contributed by atoms with Gasteiger partial charge in [0.2, 0.25) is 0 Å². The van der Waals surface area contributed by atoms with Gasteiger partial charge in [-0.05, 0) is 35.2 Å². The molecule has 0 unspecified atom stereocenters. The van der Waals surface area contributed by atoms with E-state index in [0.29, 0.717) is 12.5 Å². The highest BCUT2D eigenvalue weighted by Gasteiger charge is 2.11. The first-order valence-electron chi connectivity index (χ1n) is 6.86. The van der Waals surface area contributed by atoms with Gasteiger partial charge in [0.25, 0.3) is 5.91 Å². The summed E-state index contributed by atoms with van der Waals surface area (Å²) in [5.74, 6) is -0.158. The van der Waals surface area contributed by atoms with Crippen molar-refractivity contribution in [1.82, 2.24) is 5.32 Å². The summed E-state index contributed by atoms with van der Waals surface area (Å²) in [5, 5.41) is 21.7. The molecule has 0 radical (unpaired) electrons. The molecule has 1 amide bonds. The van der Waals surface area contributed by atoms with E-state index < -0.39 is 5.91 Å². The van der Waals surface area contributed by atoms with E-state index in [1.165, 1.54) is 23.8 Å². The molecule has 0 saturated heterocycles. The second kappa shape index (κ2) is 6.31. The summed E-state index contributed by atoms with van der Waals surface area (Å²) in [7, 11) is 0. The fourth-order valence-electron chi connectivity index (χ4n) is 2.00. The minimum atomic E-state index is -0.420. The summed E-state index contributed by atoms with van der Waals surface area (Å²) in [4.78, 5) is 12.0. The Kier molecular flexibility index (Phi) is 4.48. The van der Waals surface area contributed by atoms with E-state index in [4.69, 9.17) is 0 Å². The van der Waals surface area contributed by atoms with Crippen molar-refractivity contribution < 1.29 is 15.0 Å². The zero-order valence-corrected chi connectivity index (χ0v) is 12.1. The van der Waals surface area contributed by atoms with Gasteiger partial charge in [-0.2, -0.15) is 0 Å². The van der Waals surface area contributed by atoms with E-state index in [-0.39, 0.29) is 17.1 Å². The monoisotopic (exact) mass is 285 g/mol. The molecule has 0 bridgehead atoms. The molecular weight excluding hydrogens is 266 g/mol. The number of carbonyl (C=O) groups is 1. The minimum Gasteiger partial charge on any atom is -0.508 e. The molecule has 21 heavy (non-hydrogen) atoms. The van der Waals surface area contributed by atoms with Crippen molar-refractivity contribution >= 4 is 5.91 Å². The van der Waals surface area contributed by atoms with Gasteiger partial charge in [-0.15, -0.1) is 0 Å². The van der Waals surface area contributed by atoms with Crippen LogP contribution in [0.3, 0.4) is 0 Å². The number of aromatic hydroxyl groups is 2. The highest BCUT2D eigenvalue weighted by atomic mass is 16.3. The number of amides is 1. The maximum atomic E-state index is 12.0. The Morgan fingerprint density at radius 3 is 2.38 bits per heavy atom. The van der Waals surface area contributed by atoms with Gasteiger partial charge in [0.1, 0.15) is 11.5 Å². The van der Waals surface area contributed by atoms with E-state index >= 15 is 0 Å². The smallest absolute Gasteiger partial charge is 0.255 e. The number of phenolic OH excluding ortho intramolecular Hbond substituents is 2. The first-order chi connectivity index (χ1) is 9.97. The lowest BCUT2D eigenvalue weighted by Gasteiger charge is -2.09. The van der Waals surface area contributed by atoms with Gasteiger partial charge in [0.05, 0.1) is 5.56 Å². The van der Waals surface area contributed by atoms with Gasteiger partial charge in [-0.25, -0.2) is 0 Å². The molecule has 4 nitrogen and oxygen atoms in total. The van der Waals surface area contributed by atoms with Gasteiger partial charge < -0.3 is 15.5 Å². The molecule has 3 N–H and O–H groups in total. The first-order valence-corrected chi connectivity index (χ1v) is 6.86. The van der Waals surface area contributed by atoms with Crippen LogP contribution in [0, 0.1) is 0 Å². The highest BCUT2D eigenvalue weighted by molar-refractivity contribution is 5.97. The van der Waals surface area contributed by atoms with Crippen LogP contribution in [-0.2, 0) is 6.54 Å². The van der Waals surface area contributed by atoms with Crippen molar-refractivity contribution in [2.24, 2.45) is 0 Å². The zero-order chi connectivity index (χ0) is 15.4. The SMILES string of the molecule is CC(C)c1ccc(CNC(=O)c2cc(O)ccc2O)cc1. The Morgan fingerprint density at radius 1 is 1.10 bits per heavy atom. The number of hydrogen-bond acceptors (Lipinski definition) is 3. The second-order valence-electron chi connectivity index (χ2n) is 5.28. The lowest BCUT2D eigenvalue weighted by atomic mass is 10.0. The summed E-state index contributed by atoms with van der Waals surface area (Å²) in [6.45, 7) is 4.62. The molecule has 2 rings (SSSR count). The third kappa shape index (κ3) is 3.75. The van der Waals surface area contributed by atoms with E-state index in [1.807, 2.05) is 24.3 Å². The fourth-order valence-corrected chi connectivity index (χ4v) is 2.00. The van der Waals surface area contributed by atoms with Gasteiger partial charge in [-0.1, -0.05) is 38.1 Å². The lowest BCUT2D eigenvalue weighted by Crippen LogP contribution is -2.22. The van der Waals surface area contributed by atoms with Crippen molar-refractivity contribution in [3.05, 3.63) is 59.2 Å². The number of benzene rings is 2. The molecule has 2 aromatic rings. The van der Waals surface area contributed by atoms with Crippen LogP contribution in [-0.4, -0.2) is 16.1 Å². The van der Waals surface area contributed by atoms with Crippen LogP contribution in [0.5, 0.6) is 11.5 Å². The second-order valence-corrected chi connectivity index (χ2v) is 5.28. The minimum absolute atomic E-state index is 0.0563. The Morgan fingerprint density at radius 2 is 1.76 bits per heavy atom. The molecule has 0 heterocycles. The molecule has 0 fully saturated rings. The lowest BCUT2D eigenvalue weighted by molar-refractivity contribution is 0.0948. The van der Waals surface area contributed by atoms with E-state index in [2.05, 4.69) is 19.2 Å². The van der Waals surface area contributed by atoms with Gasteiger partial charge in [0, 0.05) is 6.54 Å². The van der Waals surface area contributed by atoms with Crippen molar-refractivity contribution in [3.63, 3.8) is 0 Å². The summed E-state index contributed by atoms with van der Waals surface area (Å²) >= 11 is 0. The summed E-state index contributed by atoms with van der Waals surface area (Å²) in [5.41, 5.74) is 2.29. The predicted octanol–water partition coefficient (Wildman–Crippen LogP) is 3.15.